The van der Waals surface area contributed by atoms with E-state index < -0.39 is 18.2 Å². The zero-order chi connectivity index (χ0) is 44.5. The van der Waals surface area contributed by atoms with E-state index in [0.29, 0.717) is 25.5 Å². The van der Waals surface area contributed by atoms with Crippen molar-refractivity contribution in [3.8, 4) is 33.5 Å². The number of fused-ring (bicyclic) bond motifs is 2. The normalized spacial score (nSPS) is 14.0. The lowest BCUT2D eigenvalue weighted by Crippen LogP contribution is -2.51. The van der Waals surface area contributed by atoms with Crippen LogP contribution in [0.1, 0.15) is 57.7 Å². The van der Waals surface area contributed by atoms with Crippen molar-refractivity contribution in [2.45, 2.75) is 58.7 Å². The highest BCUT2D eigenvalue weighted by atomic mass is 32.1. The number of aromatic nitrogens is 4. The van der Waals surface area contributed by atoms with E-state index in [0.717, 1.165) is 64.1 Å². The number of amides is 4. The number of nitrogens with one attached hydrogen (secondary N) is 4. The first-order valence-corrected chi connectivity index (χ1v) is 22.7. The maximum atomic E-state index is 13.7. The first-order valence-electron chi connectivity index (χ1n) is 21.0. The van der Waals surface area contributed by atoms with Crippen molar-refractivity contribution in [3.05, 3.63) is 107 Å². The number of hydrogen-bond acceptors (Lipinski definition) is 10. The number of carbonyl (C=O) groups is 4. The van der Waals surface area contributed by atoms with Crippen LogP contribution in [0.2, 0.25) is 0 Å². The second kappa shape index (κ2) is 20.6. The fraction of sp³-hybridized carbons (Fsp3) is 0.319. The van der Waals surface area contributed by atoms with Crippen LogP contribution >= 0.6 is 22.7 Å². The van der Waals surface area contributed by atoms with Crippen LogP contribution in [0.15, 0.2) is 95.8 Å². The van der Waals surface area contributed by atoms with Gasteiger partial charge in [0.1, 0.15) is 24.2 Å². The molecule has 1 aliphatic rings. The lowest BCUT2D eigenvalue weighted by molar-refractivity contribution is -0.135. The molecule has 4 N–H and O–H groups in total. The van der Waals surface area contributed by atoms with Crippen LogP contribution in [0.25, 0.3) is 53.9 Å². The van der Waals surface area contributed by atoms with Crippen LogP contribution in [0.3, 0.4) is 0 Å². The van der Waals surface area contributed by atoms with Gasteiger partial charge in [0.15, 0.2) is 0 Å². The summed E-state index contributed by atoms with van der Waals surface area (Å²) in [6.07, 6.45) is 2.91. The average molecular weight is 889 g/mol. The summed E-state index contributed by atoms with van der Waals surface area (Å²) in [5.74, 6) is 0.949. The molecule has 5 heterocycles. The van der Waals surface area contributed by atoms with Gasteiger partial charge in [-0.05, 0) is 54.0 Å². The number of likely N-dealkylation sites (tertiary alicyclic amines) is 1. The van der Waals surface area contributed by atoms with E-state index in [-0.39, 0.29) is 30.3 Å². The molecule has 0 bridgehead atoms. The van der Waals surface area contributed by atoms with Gasteiger partial charge in [-0.1, -0.05) is 87.5 Å². The van der Waals surface area contributed by atoms with Crippen LogP contribution in [-0.4, -0.2) is 93.6 Å². The molecule has 1 saturated heterocycles. The van der Waals surface area contributed by atoms with Gasteiger partial charge < -0.3 is 39.9 Å². The second-order valence-corrected chi connectivity index (χ2v) is 17.3. The van der Waals surface area contributed by atoms with Gasteiger partial charge in [0.2, 0.25) is 11.8 Å². The number of ether oxygens (including phenoxy) is 2. The number of imidazole rings is 2. The third-order valence-corrected chi connectivity index (χ3v) is 13.1. The highest BCUT2D eigenvalue weighted by Gasteiger charge is 2.37. The zero-order valence-corrected chi connectivity index (χ0v) is 37.6. The SMILES string of the molecule is CCCN(Cc1ncc(-c2ccc(-c3csc4c(-c5ccc6nc(C7CCCN7C(=O)C(NC(=O)OC)C(C)C)[nH]c6c5)csc34)cc2)[nH]1)C(=O)CNC(=O)OC.c1ccccc1. The smallest absolute Gasteiger partial charge is 0.407 e. The highest BCUT2D eigenvalue weighted by Crippen LogP contribution is 2.45. The minimum atomic E-state index is -0.689. The van der Waals surface area contributed by atoms with Gasteiger partial charge in [-0.2, -0.15) is 0 Å². The van der Waals surface area contributed by atoms with Gasteiger partial charge >= 0.3 is 12.2 Å². The Hall–Kier alpha value is -6.52. The number of alkyl carbamates (subject to hydrolysis) is 2. The summed E-state index contributed by atoms with van der Waals surface area (Å²) in [4.78, 5) is 69.7. The number of benzene rings is 3. The molecule has 3 aromatic carbocycles. The first-order chi connectivity index (χ1) is 30.6. The first kappa shape index (κ1) is 44.5. The van der Waals surface area contributed by atoms with E-state index in [2.05, 4.69) is 77.5 Å². The van der Waals surface area contributed by atoms with Crippen LogP contribution in [0.5, 0.6) is 0 Å². The molecule has 63 heavy (non-hydrogen) atoms. The van der Waals surface area contributed by atoms with Crippen molar-refractivity contribution in [1.82, 2.24) is 40.4 Å². The molecule has 0 spiro atoms. The molecule has 328 valence electrons. The standard InChI is InChI=1S/C41H46N8O6S2.C6H6/c1-6-15-48(34(50)19-43-40(52)54-4)20-33-42-18-31(44-33)25-11-9-24(10-12-25)27-21-56-37-28(22-57-36(27)37)26-13-14-29-30(17-26)46-38(45-29)32-8-7-16-49(32)39(51)35(23(2)3)47-41(53)55-5;1-2-4-6-5-3-1/h9-14,17-18,21-23,32,35H,6-8,15-16,19-20H2,1-5H3,(H,42,44)(H,43,52)(H,45,46)(H,47,53);1-6H. The van der Waals surface area contributed by atoms with Crippen molar-refractivity contribution in [2.24, 2.45) is 5.92 Å². The molecular weight excluding hydrogens is 837 g/mol. The fourth-order valence-electron chi connectivity index (χ4n) is 7.65. The summed E-state index contributed by atoms with van der Waals surface area (Å²) < 4.78 is 11.8. The summed E-state index contributed by atoms with van der Waals surface area (Å²) in [7, 11) is 2.56. The maximum absolute atomic E-state index is 13.7. The van der Waals surface area contributed by atoms with Crippen molar-refractivity contribution >= 4 is 67.1 Å². The molecule has 0 saturated carbocycles. The van der Waals surface area contributed by atoms with Crippen LogP contribution in [0, 0.1) is 5.92 Å². The average Bonchev–Trinajstić information content (AvgIpc) is 4.17. The number of hydrogen-bond donors (Lipinski definition) is 4. The molecule has 14 nitrogen and oxygen atoms in total. The number of H-pyrrole nitrogens is 2. The summed E-state index contributed by atoms with van der Waals surface area (Å²) in [6.45, 7) is 7.09. The summed E-state index contributed by atoms with van der Waals surface area (Å²) in [5, 5.41) is 9.58. The Morgan fingerprint density at radius 2 is 1.51 bits per heavy atom. The monoisotopic (exact) mass is 888 g/mol. The lowest BCUT2D eigenvalue weighted by atomic mass is 10.0. The summed E-state index contributed by atoms with van der Waals surface area (Å²) >= 11 is 3.45. The Balaban J connectivity index is 0.000000915. The molecule has 4 amide bonds. The van der Waals surface area contributed by atoms with Crippen LogP contribution < -0.4 is 10.6 Å². The maximum Gasteiger partial charge on any atom is 0.407 e. The molecule has 7 aromatic rings. The van der Waals surface area contributed by atoms with Crippen LogP contribution in [-0.2, 0) is 25.6 Å². The molecule has 8 rings (SSSR count). The number of rotatable bonds is 13. The molecular formula is C47H52N8O6S2. The molecule has 1 aliphatic heterocycles. The Kier molecular flexibility index (Phi) is 14.5. The fourth-order valence-corrected chi connectivity index (χ4v) is 10.1. The van der Waals surface area contributed by atoms with E-state index in [9.17, 15) is 19.2 Å². The van der Waals surface area contributed by atoms with Crippen molar-refractivity contribution in [1.29, 1.82) is 0 Å². The molecule has 0 radical (unpaired) electrons. The minimum Gasteiger partial charge on any atom is -0.453 e. The number of thiophene rings is 2. The van der Waals surface area contributed by atoms with Crippen molar-refractivity contribution < 1.29 is 28.7 Å². The largest absolute Gasteiger partial charge is 0.453 e. The third kappa shape index (κ3) is 10.4. The van der Waals surface area contributed by atoms with Gasteiger partial charge in [-0.15, -0.1) is 22.7 Å². The molecule has 2 unspecified atom stereocenters. The molecule has 4 aromatic heterocycles. The van der Waals surface area contributed by atoms with Crippen LogP contribution in [0.4, 0.5) is 9.59 Å². The zero-order valence-electron chi connectivity index (χ0n) is 36.0. The number of methoxy groups -OCH3 is 2. The number of carbonyl (C=O) groups excluding carboxylic acids is 4. The number of aromatic amines is 2. The Labute approximate surface area is 374 Å². The van der Waals surface area contributed by atoms with E-state index in [1.807, 2.05) is 68.1 Å². The van der Waals surface area contributed by atoms with E-state index in [1.54, 1.807) is 33.8 Å². The Morgan fingerprint density at radius 1 is 0.873 bits per heavy atom. The van der Waals surface area contributed by atoms with E-state index in [4.69, 9.17) is 9.72 Å². The number of nitrogens with zero attached hydrogens (tertiary/aromatic N) is 4. The molecule has 1 fully saturated rings. The Bertz CT molecular complexity index is 2630. The summed E-state index contributed by atoms with van der Waals surface area (Å²) in [5.41, 5.74) is 8.11. The van der Waals surface area contributed by atoms with Crippen molar-refractivity contribution in [3.63, 3.8) is 0 Å². The van der Waals surface area contributed by atoms with Gasteiger partial charge in [0.05, 0.1) is 59.1 Å². The predicted molar refractivity (Wildman–Crippen MR) is 248 cm³/mol. The van der Waals surface area contributed by atoms with Crippen molar-refractivity contribution in [2.75, 3.05) is 33.9 Å². The van der Waals surface area contributed by atoms with Gasteiger partial charge in [0.25, 0.3) is 0 Å². The lowest BCUT2D eigenvalue weighted by Gasteiger charge is -2.29. The van der Waals surface area contributed by atoms with Gasteiger partial charge in [-0.25, -0.2) is 19.6 Å². The predicted octanol–water partition coefficient (Wildman–Crippen LogP) is 9.39. The summed E-state index contributed by atoms with van der Waals surface area (Å²) in [6, 6.07) is 25.7. The molecule has 0 aliphatic carbocycles. The third-order valence-electron chi connectivity index (χ3n) is 10.9. The topological polar surface area (TPSA) is 175 Å². The van der Waals surface area contributed by atoms with E-state index in [1.165, 1.54) is 29.2 Å². The second-order valence-electron chi connectivity index (χ2n) is 15.5. The highest BCUT2D eigenvalue weighted by molar-refractivity contribution is 7.27. The quantitative estimate of drug-likeness (QED) is 0.0886. The Morgan fingerprint density at radius 3 is 2.14 bits per heavy atom. The van der Waals surface area contributed by atoms with E-state index >= 15 is 0 Å². The molecule has 16 heteroatoms. The minimum absolute atomic E-state index is 0.106. The van der Waals surface area contributed by atoms with Gasteiger partial charge in [-0.3, -0.25) is 9.59 Å². The van der Waals surface area contributed by atoms with Gasteiger partial charge in [0, 0.05) is 35.0 Å². The molecule has 2 atom stereocenters.